The summed E-state index contributed by atoms with van der Waals surface area (Å²) in [4.78, 5) is 0. The van der Waals surface area contributed by atoms with Crippen LogP contribution in [-0.2, 0) is 0 Å². The summed E-state index contributed by atoms with van der Waals surface area (Å²) < 4.78 is 25.2. The number of rotatable bonds is 4. The van der Waals surface area contributed by atoms with Gasteiger partial charge in [-0.1, -0.05) is 26.3 Å². The largest absolute Gasteiger partial charge is 0.244 e. The fourth-order valence-electron chi connectivity index (χ4n) is 0.669. The third-order valence-corrected chi connectivity index (χ3v) is 1.72. The van der Waals surface area contributed by atoms with E-state index in [4.69, 9.17) is 0 Å². The van der Waals surface area contributed by atoms with Crippen molar-refractivity contribution in [1.82, 2.24) is 0 Å². The molecular weight excluding hydrogens is 134 g/mol. The van der Waals surface area contributed by atoms with E-state index >= 15 is 0 Å². The zero-order valence-corrected chi connectivity index (χ0v) is 6.48. The maximum atomic E-state index is 12.7. The van der Waals surface area contributed by atoms with Gasteiger partial charge in [-0.2, -0.15) is 0 Å². The Morgan fingerprint density at radius 1 is 1.50 bits per heavy atom. The minimum atomic E-state index is -1.50. The van der Waals surface area contributed by atoms with Gasteiger partial charge in [0.25, 0.3) is 0 Å². The highest BCUT2D eigenvalue weighted by Crippen LogP contribution is 2.17. The van der Waals surface area contributed by atoms with E-state index in [1.807, 2.05) is 6.92 Å². The summed E-state index contributed by atoms with van der Waals surface area (Å²) in [5, 5.41) is 0. The maximum absolute atomic E-state index is 12.7. The predicted molar refractivity (Wildman–Crippen MR) is 39.4 cm³/mol. The molecule has 0 aliphatic rings. The van der Waals surface area contributed by atoms with Gasteiger partial charge in [-0.25, -0.2) is 8.78 Å². The van der Waals surface area contributed by atoms with E-state index in [9.17, 15) is 8.78 Å². The number of hydrogen-bond acceptors (Lipinski definition) is 0. The van der Waals surface area contributed by atoms with Gasteiger partial charge in [-0.15, -0.1) is 6.58 Å². The van der Waals surface area contributed by atoms with Crippen LogP contribution in [0.4, 0.5) is 8.78 Å². The van der Waals surface area contributed by atoms with Gasteiger partial charge in [0.1, 0.15) is 12.3 Å². The molecule has 0 aromatic carbocycles. The van der Waals surface area contributed by atoms with E-state index in [1.165, 1.54) is 0 Å². The molecule has 0 fully saturated rings. The van der Waals surface area contributed by atoms with Crippen LogP contribution in [0.1, 0.15) is 20.3 Å². The van der Waals surface area contributed by atoms with Crippen LogP contribution in [-0.4, -0.2) is 12.3 Å². The molecular formula is C8H14F2. The minimum Gasteiger partial charge on any atom is -0.244 e. The van der Waals surface area contributed by atoms with Gasteiger partial charge < -0.3 is 0 Å². The van der Waals surface area contributed by atoms with Gasteiger partial charge in [0, 0.05) is 0 Å². The van der Waals surface area contributed by atoms with E-state index in [0.29, 0.717) is 6.42 Å². The summed E-state index contributed by atoms with van der Waals surface area (Å²) in [5.41, 5.74) is 0. The molecule has 0 aromatic rings. The Morgan fingerprint density at radius 2 is 2.00 bits per heavy atom. The molecule has 0 aliphatic heterocycles. The van der Waals surface area contributed by atoms with E-state index in [2.05, 4.69) is 6.58 Å². The maximum Gasteiger partial charge on any atom is 0.149 e. The van der Waals surface area contributed by atoms with Crippen molar-refractivity contribution in [1.29, 1.82) is 0 Å². The van der Waals surface area contributed by atoms with Gasteiger partial charge in [-0.3, -0.25) is 0 Å². The zero-order valence-electron chi connectivity index (χ0n) is 6.48. The average Bonchev–Trinajstić information content (AvgIpc) is 2.00. The van der Waals surface area contributed by atoms with E-state index in [0.717, 1.165) is 6.08 Å². The number of alkyl halides is 2. The molecule has 0 bridgehead atoms. The SMILES string of the molecule is C=CC(F)[C@@H](F)[C@@H](C)CC. The summed E-state index contributed by atoms with van der Waals surface area (Å²) in [7, 11) is 0. The Hall–Kier alpha value is -0.400. The molecule has 10 heavy (non-hydrogen) atoms. The molecule has 0 radical (unpaired) electrons. The highest BCUT2D eigenvalue weighted by Gasteiger charge is 2.22. The van der Waals surface area contributed by atoms with Gasteiger partial charge in [0.15, 0.2) is 0 Å². The molecule has 0 amide bonds. The van der Waals surface area contributed by atoms with Crippen LogP contribution in [0, 0.1) is 5.92 Å². The molecule has 0 spiro atoms. The highest BCUT2D eigenvalue weighted by atomic mass is 19.2. The molecule has 60 valence electrons. The molecule has 0 heterocycles. The van der Waals surface area contributed by atoms with Crippen molar-refractivity contribution < 1.29 is 8.78 Å². The predicted octanol–water partition coefficient (Wildman–Crippen LogP) is 2.89. The normalized spacial score (nSPS) is 19.6. The molecule has 2 heteroatoms. The van der Waals surface area contributed by atoms with Crippen LogP contribution in [0.3, 0.4) is 0 Å². The van der Waals surface area contributed by atoms with Crippen LogP contribution in [0.25, 0.3) is 0 Å². The summed E-state index contributed by atoms with van der Waals surface area (Å²) in [6.45, 7) is 6.72. The van der Waals surface area contributed by atoms with Crippen LogP contribution in [0.15, 0.2) is 12.7 Å². The third-order valence-electron chi connectivity index (χ3n) is 1.72. The molecule has 1 unspecified atom stereocenters. The number of hydrogen-bond donors (Lipinski definition) is 0. The summed E-state index contributed by atoms with van der Waals surface area (Å²) in [6.07, 6.45) is -1.22. The Balaban J connectivity index is 3.80. The first-order chi connectivity index (χ1) is 4.63. The molecule has 0 aliphatic carbocycles. The standard InChI is InChI=1S/C8H14F2/c1-4-6(3)8(10)7(9)5-2/h5-8H,2,4H2,1,3H3/t6-,7?,8-/m0/s1. The lowest BCUT2D eigenvalue weighted by Gasteiger charge is -2.15. The van der Waals surface area contributed by atoms with Crippen molar-refractivity contribution >= 4 is 0 Å². The average molecular weight is 148 g/mol. The molecule has 0 saturated carbocycles. The Kier molecular flexibility index (Phi) is 4.24. The van der Waals surface area contributed by atoms with E-state index < -0.39 is 12.3 Å². The van der Waals surface area contributed by atoms with Gasteiger partial charge in [0.05, 0.1) is 0 Å². The van der Waals surface area contributed by atoms with Crippen molar-refractivity contribution in [2.45, 2.75) is 32.6 Å². The third kappa shape index (κ3) is 2.46. The Morgan fingerprint density at radius 3 is 2.30 bits per heavy atom. The van der Waals surface area contributed by atoms with Crippen molar-refractivity contribution in [3.8, 4) is 0 Å². The number of halogens is 2. The van der Waals surface area contributed by atoms with Gasteiger partial charge in [-0.05, 0) is 5.92 Å². The van der Waals surface area contributed by atoms with Crippen molar-refractivity contribution in [3.63, 3.8) is 0 Å². The van der Waals surface area contributed by atoms with Crippen molar-refractivity contribution in [3.05, 3.63) is 12.7 Å². The molecule has 0 N–H and O–H groups in total. The van der Waals surface area contributed by atoms with Crippen LogP contribution in [0.5, 0.6) is 0 Å². The van der Waals surface area contributed by atoms with Crippen molar-refractivity contribution in [2.24, 2.45) is 5.92 Å². The smallest absolute Gasteiger partial charge is 0.149 e. The molecule has 0 nitrogen and oxygen atoms in total. The Labute approximate surface area is 60.9 Å². The zero-order chi connectivity index (χ0) is 8.15. The molecule has 3 atom stereocenters. The van der Waals surface area contributed by atoms with Gasteiger partial charge >= 0.3 is 0 Å². The van der Waals surface area contributed by atoms with Crippen LogP contribution >= 0.6 is 0 Å². The fourth-order valence-corrected chi connectivity index (χ4v) is 0.669. The highest BCUT2D eigenvalue weighted by molar-refractivity contribution is 4.87. The van der Waals surface area contributed by atoms with E-state index in [1.54, 1.807) is 6.92 Å². The van der Waals surface area contributed by atoms with Crippen LogP contribution in [0.2, 0.25) is 0 Å². The molecule has 0 saturated heterocycles. The summed E-state index contributed by atoms with van der Waals surface area (Å²) in [6, 6.07) is 0. The van der Waals surface area contributed by atoms with Gasteiger partial charge in [0.2, 0.25) is 0 Å². The quantitative estimate of drug-likeness (QED) is 0.538. The second kappa shape index (κ2) is 4.42. The molecule has 0 rings (SSSR count). The number of allylic oxidation sites excluding steroid dienone is 1. The topological polar surface area (TPSA) is 0 Å². The Bertz CT molecular complexity index is 101. The second-order valence-electron chi connectivity index (χ2n) is 2.51. The lowest BCUT2D eigenvalue weighted by atomic mass is 10.00. The first kappa shape index (κ1) is 9.60. The lowest BCUT2D eigenvalue weighted by molar-refractivity contribution is 0.145. The van der Waals surface area contributed by atoms with Crippen molar-refractivity contribution in [2.75, 3.05) is 0 Å². The van der Waals surface area contributed by atoms with Crippen LogP contribution < -0.4 is 0 Å². The minimum absolute atomic E-state index is 0.215. The monoisotopic (exact) mass is 148 g/mol. The fraction of sp³-hybridized carbons (Fsp3) is 0.750. The summed E-state index contributed by atoms with van der Waals surface area (Å²) in [5.74, 6) is -0.215. The van der Waals surface area contributed by atoms with E-state index in [-0.39, 0.29) is 5.92 Å². The summed E-state index contributed by atoms with van der Waals surface area (Å²) >= 11 is 0. The lowest BCUT2D eigenvalue weighted by Crippen LogP contribution is -2.22. The molecule has 0 aromatic heterocycles. The first-order valence-corrected chi connectivity index (χ1v) is 3.54. The second-order valence-corrected chi connectivity index (χ2v) is 2.51. The first-order valence-electron chi connectivity index (χ1n) is 3.54.